The maximum Gasteiger partial charge on any atom is 0.354 e. The molecule has 0 aliphatic carbocycles. The lowest BCUT2D eigenvalue weighted by Gasteiger charge is -2.18. The summed E-state index contributed by atoms with van der Waals surface area (Å²) in [5.74, 6) is -0.296. The molecule has 0 saturated heterocycles. The fourth-order valence-electron chi connectivity index (χ4n) is 2.85. The summed E-state index contributed by atoms with van der Waals surface area (Å²) >= 11 is 0. The summed E-state index contributed by atoms with van der Waals surface area (Å²) in [6, 6.07) is 8.12. The molecule has 0 aliphatic rings. The molecule has 0 spiro atoms. The first-order valence-electron chi connectivity index (χ1n) is 9.06. The molecule has 2 heterocycles. The molecule has 0 fully saturated rings. The topological polar surface area (TPSA) is 72.8 Å². The predicted molar refractivity (Wildman–Crippen MR) is 101 cm³/mol. The van der Waals surface area contributed by atoms with Crippen molar-refractivity contribution >= 4 is 16.9 Å². The van der Waals surface area contributed by atoms with Crippen LogP contribution in [0.3, 0.4) is 0 Å². The van der Waals surface area contributed by atoms with E-state index in [0.29, 0.717) is 12.3 Å². The van der Waals surface area contributed by atoms with E-state index in [4.69, 9.17) is 4.74 Å². The molecule has 0 amide bonds. The average Bonchev–Trinajstić information content (AvgIpc) is 3.25. The summed E-state index contributed by atoms with van der Waals surface area (Å²) in [6.07, 6.45) is 6.06. The van der Waals surface area contributed by atoms with Crippen molar-refractivity contribution in [3.05, 3.63) is 48.2 Å². The Balaban J connectivity index is 1.48. The number of nitrogens with one attached hydrogen (secondary N) is 1. The Labute approximate surface area is 153 Å². The number of unbranched alkanes of at least 4 members (excludes halogenated alkanes) is 2. The molecule has 0 radical (unpaired) electrons. The van der Waals surface area contributed by atoms with Crippen LogP contribution < -0.4 is 0 Å². The van der Waals surface area contributed by atoms with Crippen LogP contribution in [0.4, 0.5) is 0 Å². The molecule has 26 heavy (non-hydrogen) atoms. The Hall–Kier alpha value is -2.63. The number of H-pyrrole nitrogens is 1. The Morgan fingerprint density at radius 2 is 2.04 bits per heavy atom. The zero-order valence-electron chi connectivity index (χ0n) is 15.7. The van der Waals surface area contributed by atoms with Crippen molar-refractivity contribution in [2.24, 2.45) is 0 Å². The van der Waals surface area contributed by atoms with Gasteiger partial charge in [0.2, 0.25) is 0 Å². The molecule has 0 saturated carbocycles. The van der Waals surface area contributed by atoms with Crippen molar-refractivity contribution in [3.8, 4) is 0 Å². The van der Waals surface area contributed by atoms with Crippen LogP contribution in [0, 0.1) is 0 Å². The van der Waals surface area contributed by atoms with Crippen LogP contribution in [0.1, 0.15) is 56.1 Å². The number of esters is 1. The molecular weight excluding hydrogens is 328 g/mol. The average molecular weight is 354 g/mol. The van der Waals surface area contributed by atoms with E-state index >= 15 is 0 Å². The van der Waals surface area contributed by atoms with Gasteiger partial charge < -0.3 is 9.72 Å². The number of carbonyl (C=O) groups is 1. The molecule has 3 rings (SSSR count). The number of hydrogen-bond donors (Lipinski definition) is 1. The van der Waals surface area contributed by atoms with Crippen LogP contribution in [-0.2, 0) is 16.7 Å². The number of rotatable bonds is 7. The normalized spacial score (nSPS) is 11.8. The van der Waals surface area contributed by atoms with Gasteiger partial charge in [0.25, 0.3) is 0 Å². The monoisotopic (exact) mass is 354 g/mol. The van der Waals surface area contributed by atoms with Crippen LogP contribution in [0.25, 0.3) is 10.9 Å². The minimum Gasteiger partial charge on any atom is -0.461 e. The number of carbonyl (C=O) groups excluding carboxylic acids is 1. The lowest BCUT2D eigenvalue weighted by molar-refractivity contribution is 0.0491. The highest BCUT2D eigenvalue weighted by Gasteiger charge is 2.16. The fourth-order valence-corrected chi connectivity index (χ4v) is 2.85. The van der Waals surface area contributed by atoms with E-state index in [1.54, 1.807) is 6.33 Å². The second-order valence-electron chi connectivity index (χ2n) is 7.59. The molecule has 1 aromatic carbocycles. The van der Waals surface area contributed by atoms with E-state index in [0.717, 1.165) is 36.7 Å². The summed E-state index contributed by atoms with van der Waals surface area (Å²) in [4.78, 5) is 19.3. The molecule has 0 bridgehead atoms. The van der Waals surface area contributed by atoms with Crippen molar-refractivity contribution in [3.63, 3.8) is 0 Å². The summed E-state index contributed by atoms with van der Waals surface area (Å²) in [6.45, 7) is 7.80. The lowest BCUT2D eigenvalue weighted by Crippen LogP contribution is -2.10. The fraction of sp³-hybridized carbons (Fsp3) is 0.450. The first-order valence-corrected chi connectivity index (χ1v) is 9.06. The van der Waals surface area contributed by atoms with Crippen LogP contribution in [0.2, 0.25) is 0 Å². The molecule has 2 aromatic heterocycles. The third kappa shape index (κ3) is 4.50. The standard InChI is InChI=1S/C20H26N4O2/c1-20(2,3)16-8-7-15-11-18(23-17(15)12-16)19(25)26-10-6-4-5-9-24-14-21-13-22-24/h7-8,11-14,23H,4-6,9-10H2,1-3H3. The van der Waals surface area contributed by atoms with Crippen LogP contribution in [-0.4, -0.2) is 32.3 Å². The zero-order valence-corrected chi connectivity index (χ0v) is 15.7. The second kappa shape index (κ2) is 7.72. The van der Waals surface area contributed by atoms with Gasteiger partial charge in [0.15, 0.2) is 0 Å². The molecule has 0 atom stereocenters. The van der Waals surface area contributed by atoms with Gasteiger partial charge in [-0.15, -0.1) is 0 Å². The van der Waals surface area contributed by atoms with Gasteiger partial charge in [0, 0.05) is 17.4 Å². The first-order chi connectivity index (χ1) is 12.4. The summed E-state index contributed by atoms with van der Waals surface area (Å²) in [7, 11) is 0. The summed E-state index contributed by atoms with van der Waals surface area (Å²) in [5.41, 5.74) is 2.79. The maximum absolute atomic E-state index is 12.2. The van der Waals surface area contributed by atoms with Crippen molar-refractivity contribution in [2.75, 3.05) is 6.61 Å². The van der Waals surface area contributed by atoms with Crippen molar-refractivity contribution in [2.45, 2.75) is 52.0 Å². The third-order valence-corrected chi connectivity index (χ3v) is 4.44. The van der Waals surface area contributed by atoms with E-state index in [9.17, 15) is 4.79 Å². The van der Waals surface area contributed by atoms with Gasteiger partial charge in [0.1, 0.15) is 18.3 Å². The van der Waals surface area contributed by atoms with E-state index < -0.39 is 0 Å². The van der Waals surface area contributed by atoms with Gasteiger partial charge in [0.05, 0.1) is 6.61 Å². The quantitative estimate of drug-likeness (QED) is 0.512. The lowest BCUT2D eigenvalue weighted by atomic mass is 9.87. The highest BCUT2D eigenvalue weighted by Crippen LogP contribution is 2.26. The molecule has 0 aliphatic heterocycles. The number of aromatic nitrogens is 4. The van der Waals surface area contributed by atoms with Crippen LogP contribution >= 0.6 is 0 Å². The number of aryl methyl sites for hydroxylation is 1. The van der Waals surface area contributed by atoms with E-state index in [1.807, 2.05) is 16.8 Å². The molecular formula is C20H26N4O2. The van der Waals surface area contributed by atoms with E-state index in [1.165, 1.54) is 11.9 Å². The van der Waals surface area contributed by atoms with Gasteiger partial charge in [-0.05, 0) is 42.4 Å². The molecule has 3 aromatic rings. The molecule has 6 heteroatoms. The highest BCUT2D eigenvalue weighted by molar-refractivity contribution is 5.95. The third-order valence-electron chi connectivity index (χ3n) is 4.44. The Bertz CT molecular complexity index is 860. The van der Waals surface area contributed by atoms with Gasteiger partial charge in [-0.1, -0.05) is 32.9 Å². The largest absolute Gasteiger partial charge is 0.461 e. The smallest absolute Gasteiger partial charge is 0.354 e. The Kier molecular flexibility index (Phi) is 5.40. The van der Waals surface area contributed by atoms with Crippen molar-refractivity contribution in [1.82, 2.24) is 19.7 Å². The van der Waals surface area contributed by atoms with Crippen LogP contribution in [0.5, 0.6) is 0 Å². The number of benzene rings is 1. The van der Waals surface area contributed by atoms with Crippen molar-refractivity contribution in [1.29, 1.82) is 0 Å². The Morgan fingerprint density at radius 1 is 1.19 bits per heavy atom. The maximum atomic E-state index is 12.2. The molecule has 6 nitrogen and oxygen atoms in total. The number of ether oxygens (including phenoxy) is 1. The van der Waals surface area contributed by atoms with Gasteiger partial charge in [-0.25, -0.2) is 9.78 Å². The van der Waals surface area contributed by atoms with E-state index in [2.05, 4.69) is 48.0 Å². The minimum absolute atomic E-state index is 0.0756. The number of nitrogens with zero attached hydrogens (tertiary/aromatic N) is 3. The minimum atomic E-state index is -0.296. The molecule has 1 N–H and O–H groups in total. The second-order valence-corrected chi connectivity index (χ2v) is 7.59. The summed E-state index contributed by atoms with van der Waals surface area (Å²) < 4.78 is 7.20. The van der Waals surface area contributed by atoms with Gasteiger partial charge in [-0.2, -0.15) is 5.10 Å². The van der Waals surface area contributed by atoms with Crippen molar-refractivity contribution < 1.29 is 9.53 Å². The number of hydrogen-bond acceptors (Lipinski definition) is 4. The zero-order chi connectivity index (χ0) is 18.6. The molecule has 0 unspecified atom stereocenters. The first kappa shape index (κ1) is 18.2. The van der Waals surface area contributed by atoms with Crippen LogP contribution in [0.15, 0.2) is 36.9 Å². The SMILES string of the molecule is CC(C)(C)c1ccc2cc(C(=O)OCCCCCn3cncn3)[nH]c2c1. The van der Waals surface area contributed by atoms with Gasteiger partial charge in [-0.3, -0.25) is 4.68 Å². The Morgan fingerprint density at radius 3 is 2.77 bits per heavy atom. The number of fused-ring (bicyclic) bond motifs is 1. The predicted octanol–water partition coefficient (Wildman–Crippen LogP) is 4.08. The van der Waals surface area contributed by atoms with E-state index in [-0.39, 0.29) is 11.4 Å². The molecule has 138 valence electrons. The van der Waals surface area contributed by atoms with Gasteiger partial charge >= 0.3 is 5.97 Å². The highest BCUT2D eigenvalue weighted by atomic mass is 16.5. The number of aromatic amines is 1. The summed E-state index contributed by atoms with van der Waals surface area (Å²) in [5, 5.41) is 5.09.